The van der Waals surface area contributed by atoms with Gasteiger partial charge in [-0.3, -0.25) is 10.3 Å². The summed E-state index contributed by atoms with van der Waals surface area (Å²) in [7, 11) is 0. The fraction of sp³-hybridized carbons (Fsp3) is 0.348. The molecule has 0 bridgehead atoms. The Hall–Kier alpha value is -3.26. The summed E-state index contributed by atoms with van der Waals surface area (Å²) < 4.78 is 25.7. The summed E-state index contributed by atoms with van der Waals surface area (Å²) in [6.45, 7) is 2.98. The van der Waals surface area contributed by atoms with E-state index in [1.807, 2.05) is 6.92 Å². The largest absolute Gasteiger partial charge is 0.443 e. The number of hydrogen-bond acceptors (Lipinski definition) is 6. The van der Waals surface area contributed by atoms with Crippen LogP contribution in [0.2, 0.25) is 0 Å². The number of ether oxygens (including phenoxy) is 2. The zero-order chi connectivity index (χ0) is 21.5. The number of nitrogen functional groups attached to an aromatic ring is 1. The van der Waals surface area contributed by atoms with Gasteiger partial charge in [-0.2, -0.15) is 0 Å². The number of carbonyl (C=O) groups is 1. The molecule has 0 spiro atoms. The molecule has 1 atom stereocenters. The van der Waals surface area contributed by atoms with Crippen molar-refractivity contribution < 1.29 is 18.7 Å². The second-order valence-corrected chi connectivity index (χ2v) is 8.03. The van der Waals surface area contributed by atoms with Crippen LogP contribution in [0.4, 0.5) is 20.7 Å². The Morgan fingerprint density at radius 2 is 2.13 bits per heavy atom. The van der Waals surface area contributed by atoms with E-state index in [9.17, 15) is 4.79 Å². The lowest BCUT2D eigenvalue weighted by molar-refractivity contribution is 0.0931. The third kappa shape index (κ3) is 3.57. The van der Waals surface area contributed by atoms with Crippen LogP contribution in [0, 0.1) is 12.7 Å². The van der Waals surface area contributed by atoms with E-state index in [0.717, 1.165) is 36.1 Å². The number of nitrogens with two attached hydrogens (primary N) is 1. The maximum Gasteiger partial charge on any atom is 0.413 e. The smallest absolute Gasteiger partial charge is 0.413 e. The minimum absolute atomic E-state index is 0.0251. The molecule has 2 aliphatic rings. The maximum atomic E-state index is 15.2. The molecular formula is C23H23FN4O3. The molecule has 1 fully saturated rings. The summed E-state index contributed by atoms with van der Waals surface area (Å²) in [6, 6.07) is 3.40. The Balaban J connectivity index is 1.50. The normalized spacial score (nSPS) is 17.7. The average Bonchev–Trinajstić information content (AvgIpc) is 3.43. The Morgan fingerprint density at radius 3 is 2.94 bits per heavy atom. The molecule has 1 amide bonds. The zero-order valence-corrected chi connectivity index (χ0v) is 17.2. The van der Waals surface area contributed by atoms with Crippen molar-refractivity contribution in [2.75, 3.05) is 24.3 Å². The maximum absolute atomic E-state index is 15.2. The molecular weight excluding hydrogens is 399 g/mol. The van der Waals surface area contributed by atoms with E-state index in [0.29, 0.717) is 41.8 Å². The lowest BCUT2D eigenvalue weighted by Gasteiger charge is -2.15. The average molecular weight is 422 g/mol. The molecule has 160 valence electrons. The van der Waals surface area contributed by atoms with Crippen LogP contribution in [-0.4, -0.2) is 35.4 Å². The molecule has 2 aromatic heterocycles. The number of carbonyl (C=O) groups excluding carboxylic acids is 1. The highest BCUT2D eigenvalue weighted by molar-refractivity contribution is 5.99. The first-order chi connectivity index (χ1) is 15.0. The first kappa shape index (κ1) is 19.7. The predicted molar refractivity (Wildman–Crippen MR) is 115 cm³/mol. The van der Waals surface area contributed by atoms with E-state index in [2.05, 4.69) is 15.3 Å². The molecule has 3 heterocycles. The molecule has 8 heteroatoms. The van der Waals surface area contributed by atoms with Crippen molar-refractivity contribution in [1.82, 2.24) is 9.97 Å². The van der Waals surface area contributed by atoms with Gasteiger partial charge in [-0.15, -0.1) is 0 Å². The van der Waals surface area contributed by atoms with E-state index in [1.165, 1.54) is 11.8 Å². The van der Waals surface area contributed by atoms with E-state index in [4.69, 9.17) is 15.2 Å². The highest BCUT2D eigenvalue weighted by Crippen LogP contribution is 2.37. The van der Waals surface area contributed by atoms with Crippen LogP contribution >= 0.6 is 0 Å². The number of hydrogen-bond donors (Lipinski definition) is 2. The van der Waals surface area contributed by atoms with Gasteiger partial charge in [0.1, 0.15) is 11.9 Å². The van der Waals surface area contributed by atoms with Crippen molar-refractivity contribution in [1.29, 1.82) is 0 Å². The van der Waals surface area contributed by atoms with Gasteiger partial charge in [0.2, 0.25) is 0 Å². The number of fused-ring (bicyclic) bond motifs is 2. The van der Waals surface area contributed by atoms with Crippen molar-refractivity contribution >= 4 is 28.4 Å². The minimum Gasteiger partial charge on any atom is -0.443 e. The van der Waals surface area contributed by atoms with Gasteiger partial charge in [0.25, 0.3) is 0 Å². The van der Waals surface area contributed by atoms with Gasteiger partial charge in [-0.05, 0) is 54.8 Å². The van der Waals surface area contributed by atoms with Crippen molar-refractivity contribution in [3.63, 3.8) is 0 Å². The summed E-state index contributed by atoms with van der Waals surface area (Å²) in [5.74, 6) is -0.185. The van der Waals surface area contributed by atoms with Crippen LogP contribution in [0.1, 0.15) is 29.7 Å². The minimum atomic E-state index is -0.601. The number of pyridine rings is 2. The molecule has 1 unspecified atom stereocenters. The molecule has 1 saturated heterocycles. The quantitative estimate of drug-likeness (QED) is 0.615. The third-order valence-corrected chi connectivity index (χ3v) is 6.08. The standard InChI is InChI=1S/C23H23FN4O3/c1-12-15-3-2-4-19(15)26-9-17(12)16-7-13-8-20(27-10-18(13)22(25)21(16)24)28-23(29)31-14-5-6-30-11-14/h7-10,14H,2-6,11,25H2,1H3,(H,27,28,29). The van der Waals surface area contributed by atoms with Crippen LogP contribution in [-0.2, 0) is 22.3 Å². The Kier molecular flexibility index (Phi) is 4.94. The second kappa shape index (κ2) is 7.77. The molecule has 0 saturated carbocycles. The lowest BCUT2D eigenvalue weighted by atomic mass is 9.95. The van der Waals surface area contributed by atoms with E-state index in [1.54, 1.807) is 18.3 Å². The molecule has 1 aliphatic carbocycles. The fourth-order valence-electron chi connectivity index (χ4n) is 4.40. The number of aryl methyl sites for hydroxylation is 1. The monoisotopic (exact) mass is 422 g/mol. The van der Waals surface area contributed by atoms with Gasteiger partial charge >= 0.3 is 6.09 Å². The van der Waals surface area contributed by atoms with Gasteiger partial charge in [0.05, 0.1) is 18.9 Å². The van der Waals surface area contributed by atoms with Crippen LogP contribution in [0.15, 0.2) is 24.5 Å². The number of halogens is 1. The highest BCUT2D eigenvalue weighted by atomic mass is 19.1. The van der Waals surface area contributed by atoms with Gasteiger partial charge in [-0.1, -0.05) is 0 Å². The van der Waals surface area contributed by atoms with Crippen molar-refractivity contribution in [2.45, 2.75) is 38.7 Å². The molecule has 3 aromatic rings. The lowest BCUT2D eigenvalue weighted by Crippen LogP contribution is -2.22. The number of amides is 1. The summed E-state index contributed by atoms with van der Waals surface area (Å²) in [6.07, 6.45) is 5.99. The SMILES string of the molecule is Cc1c(-c2cc3cc(NC(=O)OC4CCOC4)ncc3c(N)c2F)cnc2c1CCC2. The summed E-state index contributed by atoms with van der Waals surface area (Å²) in [5.41, 5.74) is 10.6. The number of nitrogens with one attached hydrogen (secondary N) is 1. The number of aromatic nitrogens is 2. The molecule has 5 rings (SSSR count). The molecule has 1 aromatic carbocycles. The topological polar surface area (TPSA) is 99.4 Å². The van der Waals surface area contributed by atoms with Crippen LogP contribution < -0.4 is 11.1 Å². The van der Waals surface area contributed by atoms with Crippen molar-refractivity contribution in [2.24, 2.45) is 0 Å². The second-order valence-electron chi connectivity index (χ2n) is 8.03. The highest BCUT2D eigenvalue weighted by Gasteiger charge is 2.22. The third-order valence-electron chi connectivity index (χ3n) is 6.08. The number of rotatable bonds is 3. The molecule has 3 N–H and O–H groups in total. The van der Waals surface area contributed by atoms with E-state index in [-0.39, 0.29) is 11.8 Å². The summed E-state index contributed by atoms with van der Waals surface area (Å²) in [5, 5.41) is 3.78. The Labute approximate surface area is 178 Å². The first-order valence-corrected chi connectivity index (χ1v) is 10.4. The van der Waals surface area contributed by atoms with Gasteiger partial charge < -0.3 is 15.2 Å². The van der Waals surface area contributed by atoms with E-state index >= 15 is 4.39 Å². The van der Waals surface area contributed by atoms with Crippen LogP contribution in [0.5, 0.6) is 0 Å². The number of anilines is 2. The Morgan fingerprint density at radius 1 is 1.26 bits per heavy atom. The molecule has 31 heavy (non-hydrogen) atoms. The number of benzene rings is 1. The van der Waals surface area contributed by atoms with Gasteiger partial charge in [-0.25, -0.2) is 14.2 Å². The Bertz CT molecular complexity index is 1190. The number of nitrogens with zero attached hydrogens (tertiary/aromatic N) is 2. The molecule has 1 aliphatic heterocycles. The van der Waals surface area contributed by atoms with Crippen LogP contribution in [0.25, 0.3) is 21.9 Å². The van der Waals surface area contributed by atoms with Crippen LogP contribution in [0.3, 0.4) is 0 Å². The fourth-order valence-corrected chi connectivity index (χ4v) is 4.40. The molecule has 7 nitrogen and oxygen atoms in total. The zero-order valence-electron chi connectivity index (χ0n) is 17.2. The first-order valence-electron chi connectivity index (χ1n) is 10.4. The van der Waals surface area contributed by atoms with Crippen molar-refractivity contribution in [3.05, 3.63) is 47.2 Å². The van der Waals surface area contributed by atoms with Gasteiger partial charge in [0, 0.05) is 41.0 Å². The van der Waals surface area contributed by atoms with Crippen molar-refractivity contribution in [3.8, 4) is 11.1 Å². The van der Waals surface area contributed by atoms with Gasteiger partial charge in [0.15, 0.2) is 5.82 Å². The van der Waals surface area contributed by atoms with E-state index < -0.39 is 11.9 Å². The predicted octanol–water partition coefficient (Wildman–Crippen LogP) is 4.15. The summed E-state index contributed by atoms with van der Waals surface area (Å²) >= 11 is 0. The molecule has 0 radical (unpaired) electrons. The summed E-state index contributed by atoms with van der Waals surface area (Å²) in [4.78, 5) is 20.9.